The van der Waals surface area contributed by atoms with Crippen LogP contribution in [0.25, 0.3) is 0 Å². The van der Waals surface area contributed by atoms with Crippen LogP contribution in [0, 0.1) is 30.5 Å². The largest absolute Gasteiger partial charge is 0.399 e. The first-order chi connectivity index (χ1) is 24.6. The third kappa shape index (κ3) is 19.5. The molecule has 11 heteroatoms. The van der Waals surface area contributed by atoms with Crippen molar-refractivity contribution in [2.45, 2.75) is 91.3 Å². The molecular formula is C41H62FN5O4S. The van der Waals surface area contributed by atoms with Crippen molar-refractivity contribution < 1.29 is 23.3 Å². The molecule has 52 heavy (non-hydrogen) atoms. The maximum atomic E-state index is 13.7. The lowest BCUT2D eigenvalue weighted by molar-refractivity contribution is -0.126. The topological polar surface area (TPSA) is 137 Å². The molecule has 0 saturated carbocycles. The quantitative estimate of drug-likeness (QED) is 0.0896. The Hall–Kier alpha value is -4.08. The van der Waals surface area contributed by atoms with Crippen LogP contribution in [0.1, 0.15) is 73.4 Å². The molecule has 0 aliphatic rings. The van der Waals surface area contributed by atoms with Crippen LogP contribution >= 0.6 is 0 Å². The lowest BCUT2D eigenvalue weighted by Crippen LogP contribution is -2.52. The Labute approximate surface area is 314 Å². The fourth-order valence-corrected chi connectivity index (χ4v) is 6.01. The van der Waals surface area contributed by atoms with E-state index in [0.29, 0.717) is 29.1 Å². The average molecular weight is 740 g/mol. The standard InChI is InChI=1S/C33H44FN5O4S.C4H10.C2H6.C2H2/c1-23(2)21-39(44(43)28-15-13-27(35)14-16-28)22-30(40)29(17-24-9-6-5-7-10-24)38-32(42)19-36-31(41)20-37-33(3,4)25-11-8-12-26(34)18-25;1-4(2)3;2*1-2/h5-16,18,23,29-30,37,40H,17,19-22,35H2,1-4H3,(H,36,41)(H,38,42);4H,1-3H3;1-2H3;1-2H/t29-,30+,44?;;;/m0.../s1. The summed E-state index contributed by atoms with van der Waals surface area (Å²) in [5.74, 6) is -0.254. The summed E-state index contributed by atoms with van der Waals surface area (Å²) in [7, 11) is -1.56. The molecule has 0 aliphatic carbocycles. The molecule has 0 aromatic heterocycles. The van der Waals surface area contributed by atoms with Crippen LogP contribution in [-0.2, 0) is 32.5 Å². The summed E-state index contributed by atoms with van der Waals surface area (Å²) >= 11 is 0. The molecule has 2 amide bonds. The minimum absolute atomic E-state index is 0.0401. The molecule has 9 nitrogen and oxygen atoms in total. The Bertz CT molecular complexity index is 1480. The van der Waals surface area contributed by atoms with Gasteiger partial charge in [0.25, 0.3) is 0 Å². The van der Waals surface area contributed by atoms with Gasteiger partial charge in [0.1, 0.15) is 16.8 Å². The van der Waals surface area contributed by atoms with Crippen molar-refractivity contribution in [2.75, 3.05) is 31.9 Å². The van der Waals surface area contributed by atoms with E-state index in [1.54, 1.807) is 40.7 Å². The highest BCUT2D eigenvalue weighted by atomic mass is 32.2. The van der Waals surface area contributed by atoms with Gasteiger partial charge in [0.15, 0.2) is 0 Å². The second-order valence-electron chi connectivity index (χ2n) is 13.5. The molecule has 6 N–H and O–H groups in total. The van der Waals surface area contributed by atoms with Gasteiger partial charge in [-0.2, -0.15) is 0 Å². The van der Waals surface area contributed by atoms with Gasteiger partial charge in [0, 0.05) is 24.3 Å². The monoisotopic (exact) mass is 739 g/mol. The minimum Gasteiger partial charge on any atom is -0.399 e. The third-order valence-electron chi connectivity index (χ3n) is 7.07. The van der Waals surface area contributed by atoms with Gasteiger partial charge in [0.2, 0.25) is 11.8 Å². The first-order valence-corrected chi connectivity index (χ1v) is 18.8. The SMILES string of the molecule is C#C.CC.CC(C)C.CC(C)CN(C[C@@H](O)[C@H](Cc1ccccc1)NC(=O)CNC(=O)CNC(C)(C)c1cccc(F)c1)S(=O)c1ccc(N)cc1. The predicted molar refractivity (Wildman–Crippen MR) is 214 cm³/mol. The first kappa shape index (κ1) is 47.9. The van der Waals surface area contributed by atoms with Crippen LogP contribution in [0.4, 0.5) is 10.1 Å². The van der Waals surface area contributed by atoms with Crippen LogP contribution in [0.3, 0.4) is 0 Å². The zero-order chi connectivity index (χ0) is 39.9. The molecule has 0 saturated heterocycles. The van der Waals surface area contributed by atoms with E-state index in [2.05, 4.69) is 49.6 Å². The summed E-state index contributed by atoms with van der Waals surface area (Å²) in [5, 5.41) is 19.9. The average Bonchev–Trinajstić information content (AvgIpc) is 3.11. The Balaban J connectivity index is 0.00000298. The van der Waals surface area contributed by atoms with E-state index < -0.39 is 40.5 Å². The summed E-state index contributed by atoms with van der Waals surface area (Å²) in [5.41, 5.74) is 7.26. The number of nitrogen functional groups attached to an aromatic ring is 1. The van der Waals surface area contributed by atoms with Crippen LogP contribution in [0.2, 0.25) is 0 Å². The zero-order valence-corrected chi connectivity index (χ0v) is 33.3. The van der Waals surface area contributed by atoms with E-state index in [9.17, 15) is 23.3 Å². The van der Waals surface area contributed by atoms with Gasteiger partial charge < -0.3 is 21.5 Å². The Morgan fingerprint density at radius 2 is 1.46 bits per heavy atom. The van der Waals surface area contributed by atoms with Crippen molar-refractivity contribution in [3.8, 4) is 12.8 Å². The number of carbonyl (C=O) groups excluding carboxylic acids is 2. The van der Waals surface area contributed by atoms with E-state index in [1.165, 1.54) is 12.1 Å². The molecule has 0 aliphatic heterocycles. The smallest absolute Gasteiger partial charge is 0.239 e. The van der Waals surface area contributed by atoms with Crippen LogP contribution in [0.15, 0.2) is 83.8 Å². The van der Waals surface area contributed by atoms with Crippen LogP contribution in [-0.4, -0.2) is 63.8 Å². The molecule has 0 spiro atoms. The summed E-state index contributed by atoms with van der Waals surface area (Å²) < 4.78 is 28.8. The van der Waals surface area contributed by atoms with Crippen molar-refractivity contribution in [2.24, 2.45) is 11.8 Å². The molecule has 0 bridgehead atoms. The van der Waals surface area contributed by atoms with Gasteiger partial charge in [0.05, 0.1) is 30.1 Å². The second-order valence-corrected chi connectivity index (χ2v) is 15.0. The van der Waals surface area contributed by atoms with E-state index in [-0.39, 0.29) is 31.4 Å². The fourth-order valence-electron chi connectivity index (χ4n) is 4.62. The third-order valence-corrected chi connectivity index (χ3v) is 8.51. The number of nitrogens with one attached hydrogen (secondary N) is 3. The molecule has 0 radical (unpaired) electrons. The molecule has 1 unspecified atom stereocenters. The maximum Gasteiger partial charge on any atom is 0.239 e. The predicted octanol–water partition coefficient (Wildman–Crippen LogP) is 6.06. The number of anilines is 1. The van der Waals surface area contributed by atoms with Crippen LogP contribution in [0.5, 0.6) is 0 Å². The minimum atomic E-state index is -1.56. The highest BCUT2D eigenvalue weighted by Gasteiger charge is 2.28. The van der Waals surface area contributed by atoms with Crippen molar-refractivity contribution in [1.29, 1.82) is 0 Å². The molecule has 3 aromatic carbocycles. The molecular weight excluding hydrogens is 678 g/mol. The number of amides is 2. The number of carbonyl (C=O) groups is 2. The van der Waals surface area contributed by atoms with E-state index in [4.69, 9.17) is 5.73 Å². The number of hydrogen-bond acceptors (Lipinski definition) is 6. The van der Waals surface area contributed by atoms with Crippen molar-refractivity contribution in [1.82, 2.24) is 20.3 Å². The number of hydrogen-bond donors (Lipinski definition) is 5. The Morgan fingerprint density at radius 3 is 2.00 bits per heavy atom. The van der Waals surface area contributed by atoms with Gasteiger partial charge in [-0.25, -0.2) is 12.9 Å². The molecule has 3 atom stereocenters. The maximum absolute atomic E-state index is 13.7. The number of halogens is 1. The molecule has 288 valence electrons. The highest BCUT2D eigenvalue weighted by Crippen LogP contribution is 2.20. The molecule has 0 fully saturated rings. The summed E-state index contributed by atoms with van der Waals surface area (Å²) in [6, 6.07) is 21.6. The van der Waals surface area contributed by atoms with E-state index >= 15 is 0 Å². The molecule has 0 heterocycles. The van der Waals surface area contributed by atoms with E-state index in [1.807, 2.05) is 71.9 Å². The van der Waals surface area contributed by atoms with E-state index in [0.717, 1.165) is 11.5 Å². The van der Waals surface area contributed by atoms with Gasteiger partial charge in [-0.05, 0) is 79.6 Å². The highest BCUT2D eigenvalue weighted by molar-refractivity contribution is 7.82. The number of nitrogens with two attached hydrogens (primary N) is 1. The molecule has 3 aromatic rings. The zero-order valence-electron chi connectivity index (χ0n) is 32.5. The van der Waals surface area contributed by atoms with Crippen molar-refractivity contribution in [3.05, 3.63) is 95.8 Å². The second kappa shape index (κ2) is 25.8. The molecule has 3 rings (SSSR count). The number of aliphatic hydroxyl groups excluding tert-OH is 1. The van der Waals surface area contributed by atoms with Gasteiger partial charge in [-0.3, -0.25) is 14.9 Å². The fraction of sp³-hybridized carbons (Fsp3) is 0.463. The lowest BCUT2D eigenvalue weighted by atomic mass is 9.94. The van der Waals surface area contributed by atoms with Gasteiger partial charge in [-0.1, -0.05) is 90.9 Å². The van der Waals surface area contributed by atoms with Gasteiger partial charge in [-0.15, -0.1) is 12.8 Å². The number of benzene rings is 3. The summed E-state index contributed by atoms with van der Waals surface area (Å²) in [6.07, 6.45) is 7.26. The summed E-state index contributed by atoms with van der Waals surface area (Å²) in [6.45, 7) is 18.3. The number of nitrogens with zero attached hydrogens (tertiary/aromatic N) is 1. The van der Waals surface area contributed by atoms with Crippen molar-refractivity contribution in [3.63, 3.8) is 0 Å². The normalized spacial score (nSPS) is 12.5. The van der Waals surface area contributed by atoms with Crippen LogP contribution < -0.4 is 21.7 Å². The Morgan fingerprint density at radius 1 is 0.885 bits per heavy atom. The number of rotatable bonds is 16. The number of terminal acetylenes is 1. The summed E-state index contributed by atoms with van der Waals surface area (Å²) in [4.78, 5) is 26.1. The number of aliphatic hydroxyl groups is 1. The Kier molecular flexibility index (Phi) is 23.8. The first-order valence-electron chi connectivity index (χ1n) is 17.7. The van der Waals surface area contributed by atoms with Gasteiger partial charge >= 0.3 is 0 Å². The lowest BCUT2D eigenvalue weighted by Gasteiger charge is -2.30. The van der Waals surface area contributed by atoms with Crippen molar-refractivity contribution >= 4 is 28.5 Å².